The molecule has 0 bridgehead atoms. The van der Waals surface area contributed by atoms with E-state index in [1.165, 1.54) is 16.4 Å². The summed E-state index contributed by atoms with van der Waals surface area (Å²) in [5, 5.41) is 10.1. The molecular weight excluding hydrogens is 539 g/mol. The van der Waals surface area contributed by atoms with Crippen LogP contribution in [0.1, 0.15) is 32.3 Å². The summed E-state index contributed by atoms with van der Waals surface area (Å²) in [6, 6.07) is 5.63. The summed E-state index contributed by atoms with van der Waals surface area (Å²) in [6.45, 7) is 6.05. The first-order valence-electron chi connectivity index (χ1n) is 12.7. The van der Waals surface area contributed by atoms with Crippen LogP contribution in [0, 0.1) is 0 Å². The van der Waals surface area contributed by atoms with Crippen LogP contribution in [0.4, 0.5) is 18.9 Å². The average molecular weight is 574 g/mol. The quantitative estimate of drug-likeness (QED) is 0.500. The Bertz CT molecular complexity index is 1180. The number of allylic oxidation sites excluding steroid dienone is 4. The normalized spacial score (nSPS) is 25.8. The molecular formula is C26H34F3N3O4S2. The Kier molecular flexibility index (Phi) is 8.70. The summed E-state index contributed by atoms with van der Waals surface area (Å²) >= 11 is 5.35. The molecule has 0 radical (unpaired) electrons. The predicted octanol–water partition coefficient (Wildman–Crippen LogP) is 3.60. The van der Waals surface area contributed by atoms with E-state index in [1.54, 1.807) is 24.3 Å². The fourth-order valence-electron chi connectivity index (χ4n) is 5.15. The van der Waals surface area contributed by atoms with Crippen LogP contribution >= 0.6 is 12.2 Å². The van der Waals surface area contributed by atoms with Crippen LogP contribution in [0.5, 0.6) is 0 Å². The zero-order valence-corrected chi connectivity index (χ0v) is 23.2. The minimum absolute atomic E-state index is 0.152. The number of alkyl halides is 3. The average Bonchev–Trinajstić information content (AvgIpc) is 2.88. The smallest absolute Gasteiger partial charge is 0.378 e. The zero-order chi connectivity index (χ0) is 27.7. The highest BCUT2D eigenvalue weighted by Crippen LogP contribution is 2.39. The van der Waals surface area contributed by atoms with E-state index in [0.717, 1.165) is 13.3 Å². The number of thiocarbonyl (C=S) groups is 1. The maximum Gasteiger partial charge on any atom is 0.421 e. The molecule has 1 aromatic carbocycles. The first-order valence-corrected chi connectivity index (χ1v) is 14.6. The van der Waals surface area contributed by atoms with Gasteiger partial charge in [0.05, 0.1) is 24.2 Å². The molecule has 7 nitrogen and oxygen atoms in total. The molecule has 12 heteroatoms. The second kappa shape index (κ2) is 11.3. The largest absolute Gasteiger partial charge is 0.421 e. The van der Waals surface area contributed by atoms with Crippen LogP contribution in [0.25, 0.3) is 0 Å². The number of aliphatic hydroxyl groups is 1. The molecule has 0 amide bonds. The van der Waals surface area contributed by atoms with Crippen molar-refractivity contribution in [1.82, 2.24) is 9.21 Å². The molecule has 3 atom stereocenters. The molecule has 1 N–H and O–H groups in total. The second-order valence-corrected chi connectivity index (χ2v) is 12.4. The summed E-state index contributed by atoms with van der Waals surface area (Å²) in [7, 11) is -3.80. The molecule has 1 aromatic rings. The summed E-state index contributed by atoms with van der Waals surface area (Å²) in [5.41, 5.74) is -2.55. The Hall–Kier alpha value is -1.83. The van der Waals surface area contributed by atoms with Crippen molar-refractivity contribution in [2.75, 3.05) is 50.8 Å². The number of hydrogen-bond donors (Lipinski definition) is 1. The van der Waals surface area contributed by atoms with Gasteiger partial charge in [-0.1, -0.05) is 43.4 Å². The van der Waals surface area contributed by atoms with Crippen LogP contribution in [0.2, 0.25) is 0 Å². The molecule has 0 saturated carbocycles. The Morgan fingerprint density at radius 2 is 1.84 bits per heavy atom. The van der Waals surface area contributed by atoms with Crippen molar-refractivity contribution in [1.29, 1.82) is 0 Å². The SMILES string of the molecule is CC[C@H]1COCCN1C[C@H]1CN(S(=O)(=O)C2=CC=CCC2=S)CCN1c1ccc([C@](C)(O)C(F)(F)F)cc1. The van der Waals surface area contributed by atoms with Crippen molar-refractivity contribution < 1.29 is 31.4 Å². The molecule has 2 aliphatic heterocycles. The van der Waals surface area contributed by atoms with E-state index >= 15 is 0 Å². The van der Waals surface area contributed by atoms with Gasteiger partial charge in [0.1, 0.15) is 0 Å². The summed E-state index contributed by atoms with van der Waals surface area (Å²) in [4.78, 5) is 4.89. The highest BCUT2D eigenvalue weighted by atomic mass is 32.2. The highest BCUT2D eigenvalue weighted by Gasteiger charge is 2.51. The lowest BCUT2D eigenvalue weighted by atomic mass is 9.95. The molecule has 2 heterocycles. The predicted molar refractivity (Wildman–Crippen MR) is 145 cm³/mol. The van der Waals surface area contributed by atoms with E-state index in [-0.39, 0.29) is 35.6 Å². The van der Waals surface area contributed by atoms with E-state index in [9.17, 15) is 26.7 Å². The van der Waals surface area contributed by atoms with E-state index in [0.29, 0.717) is 49.8 Å². The fourth-order valence-corrected chi connectivity index (χ4v) is 7.22. The van der Waals surface area contributed by atoms with Crippen molar-refractivity contribution in [2.45, 2.75) is 50.6 Å². The number of anilines is 1. The topological polar surface area (TPSA) is 73.3 Å². The maximum atomic E-state index is 13.6. The van der Waals surface area contributed by atoms with E-state index in [2.05, 4.69) is 11.8 Å². The molecule has 0 unspecified atom stereocenters. The molecule has 3 aliphatic rings. The van der Waals surface area contributed by atoms with Crippen LogP contribution < -0.4 is 4.90 Å². The lowest BCUT2D eigenvalue weighted by Crippen LogP contribution is -2.60. The fraction of sp³-hybridized carbons (Fsp3) is 0.577. The number of ether oxygens (including phenoxy) is 1. The number of piperazine rings is 1. The minimum atomic E-state index is -4.81. The lowest BCUT2D eigenvalue weighted by Gasteiger charge is -2.46. The Morgan fingerprint density at radius 1 is 1.13 bits per heavy atom. The number of benzene rings is 1. The molecule has 0 aromatic heterocycles. The van der Waals surface area contributed by atoms with Crippen LogP contribution in [-0.4, -0.2) is 91.8 Å². The van der Waals surface area contributed by atoms with E-state index in [4.69, 9.17) is 17.0 Å². The van der Waals surface area contributed by atoms with Gasteiger partial charge in [-0.05, 0) is 37.1 Å². The van der Waals surface area contributed by atoms with Gasteiger partial charge in [0.15, 0.2) is 5.60 Å². The van der Waals surface area contributed by atoms with E-state index in [1.807, 2.05) is 11.0 Å². The maximum absolute atomic E-state index is 13.6. The van der Waals surface area contributed by atoms with Gasteiger partial charge in [0.2, 0.25) is 10.0 Å². The van der Waals surface area contributed by atoms with Gasteiger partial charge in [-0.3, -0.25) is 4.90 Å². The third-order valence-corrected chi connectivity index (χ3v) is 10.1. The first kappa shape index (κ1) is 29.2. The van der Waals surface area contributed by atoms with Crippen molar-refractivity contribution in [3.63, 3.8) is 0 Å². The van der Waals surface area contributed by atoms with Gasteiger partial charge in [0.25, 0.3) is 0 Å². The molecule has 2 fully saturated rings. The van der Waals surface area contributed by atoms with Gasteiger partial charge in [0, 0.05) is 55.7 Å². The third kappa shape index (κ3) is 5.85. The van der Waals surface area contributed by atoms with E-state index < -0.39 is 21.8 Å². The lowest BCUT2D eigenvalue weighted by molar-refractivity contribution is -0.258. The van der Waals surface area contributed by atoms with Gasteiger partial charge < -0.3 is 14.7 Å². The van der Waals surface area contributed by atoms with Crippen molar-refractivity contribution in [2.24, 2.45) is 0 Å². The van der Waals surface area contributed by atoms with Gasteiger partial charge in [-0.2, -0.15) is 17.5 Å². The standard InChI is InChI=1S/C26H34F3N3O4S2/c1-3-20-18-36-15-14-30(20)16-22-17-31(38(34,35)24-7-5-4-6-23(24)37)12-13-32(22)21-10-8-19(9-11-21)25(2,33)26(27,28)29/h4-5,7-11,20,22,33H,3,6,12-18H2,1-2H3/t20-,22-,25-/m0/s1. The summed E-state index contributed by atoms with van der Waals surface area (Å²) in [5.74, 6) is 0. The van der Waals surface area contributed by atoms with Crippen molar-refractivity contribution in [3.05, 3.63) is 53.0 Å². The molecule has 38 heavy (non-hydrogen) atoms. The first-order chi connectivity index (χ1) is 17.9. The molecule has 210 valence electrons. The number of halogens is 3. The van der Waals surface area contributed by atoms with Gasteiger partial charge in [-0.25, -0.2) is 8.42 Å². The number of morpholine rings is 1. The molecule has 1 aliphatic carbocycles. The summed E-state index contributed by atoms with van der Waals surface area (Å²) in [6.07, 6.45) is 1.54. The minimum Gasteiger partial charge on any atom is -0.378 e. The Labute approximate surface area is 227 Å². The van der Waals surface area contributed by atoms with Crippen molar-refractivity contribution >= 4 is 32.8 Å². The van der Waals surface area contributed by atoms with Crippen LogP contribution in [0.3, 0.4) is 0 Å². The Balaban J connectivity index is 1.62. The number of hydrogen-bond acceptors (Lipinski definition) is 7. The second-order valence-electron chi connectivity index (χ2n) is 10.0. The number of sulfonamides is 1. The highest BCUT2D eigenvalue weighted by molar-refractivity contribution is 7.96. The van der Waals surface area contributed by atoms with Crippen molar-refractivity contribution in [3.8, 4) is 0 Å². The van der Waals surface area contributed by atoms with Gasteiger partial charge >= 0.3 is 6.18 Å². The Morgan fingerprint density at radius 3 is 2.47 bits per heavy atom. The third-order valence-electron chi connectivity index (χ3n) is 7.60. The zero-order valence-electron chi connectivity index (χ0n) is 21.5. The van der Waals surface area contributed by atoms with Crippen LogP contribution in [-0.2, 0) is 20.4 Å². The molecule has 4 rings (SSSR count). The molecule has 0 spiro atoms. The number of rotatable bonds is 7. The molecule has 2 saturated heterocycles. The van der Waals surface area contributed by atoms with Gasteiger partial charge in [-0.15, -0.1) is 0 Å². The number of nitrogens with zero attached hydrogens (tertiary/aromatic N) is 3. The van der Waals surface area contributed by atoms with Crippen LogP contribution in [0.15, 0.2) is 47.4 Å². The summed E-state index contributed by atoms with van der Waals surface area (Å²) < 4.78 is 74.2. The monoisotopic (exact) mass is 573 g/mol.